The first kappa shape index (κ1) is 38.5. The summed E-state index contributed by atoms with van der Waals surface area (Å²) in [6.45, 7) is 0.221. The average molecular weight is 675 g/mol. The van der Waals surface area contributed by atoms with Crippen molar-refractivity contribution in [1.82, 2.24) is 26.6 Å². The first-order valence-electron chi connectivity index (χ1n) is 14.7. The van der Waals surface area contributed by atoms with Crippen molar-refractivity contribution >= 4 is 47.3 Å². The zero-order valence-electron chi connectivity index (χ0n) is 26.1. The number of carboxylic acid groups (broad SMARTS) is 1. The Morgan fingerprint density at radius 2 is 1.36 bits per heavy atom. The lowest BCUT2D eigenvalue weighted by Crippen LogP contribution is -2.58. The molecular formula is C31H42N6O9S. The van der Waals surface area contributed by atoms with Crippen LogP contribution >= 0.6 is 11.8 Å². The van der Waals surface area contributed by atoms with Crippen LogP contribution in [0.5, 0.6) is 5.75 Å². The molecule has 2 aromatic rings. The lowest BCUT2D eigenvalue weighted by molar-refractivity contribution is -0.145. The van der Waals surface area contributed by atoms with Crippen LogP contribution in [-0.2, 0) is 41.6 Å². The van der Waals surface area contributed by atoms with Crippen LogP contribution in [0, 0.1) is 0 Å². The Labute approximate surface area is 276 Å². The van der Waals surface area contributed by atoms with Crippen molar-refractivity contribution in [3.8, 4) is 5.75 Å². The largest absolute Gasteiger partial charge is 0.508 e. The van der Waals surface area contributed by atoms with Gasteiger partial charge in [0.2, 0.25) is 29.5 Å². The number of phenolic OH excluding ortho intramolecular Hbond substituents is 1. The maximum absolute atomic E-state index is 13.4. The van der Waals surface area contributed by atoms with Gasteiger partial charge in [0.15, 0.2) is 6.04 Å². The summed E-state index contributed by atoms with van der Waals surface area (Å²) < 4.78 is 0. The summed E-state index contributed by atoms with van der Waals surface area (Å²) in [5, 5.41) is 40.6. The lowest BCUT2D eigenvalue weighted by Gasteiger charge is -2.25. The second-order valence-corrected chi connectivity index (χ2v) is 11.7. The van der Waals surface area contributed by atoms with E-state index in [1.165, 1.54) is 30.8 Å². The second kappa shape index (κ2) is 19.8. The SMILES string of the molecule is CSCC[C@H](NC(=O)[C@H](Cc1ccccc1)NC(=O)CNC(=O)CNC(=O)[C@@H](N)Cc1ccc(O)cc1)C(=O)N[C@H](C(=O)O)[C@@H](C)O. The predicted octanol–water partition coefficient (Wildman–Crippen LogP) is -1.59. The molecule has 0 saturated heterocycles. The fourth-order valence-electron chi connectivity index (χ4n) is 4.24. The van der Waals surface area contributed by atoms with Gasteiger partial charge in [-0.2, -0.15) is 11.8 Å². The van der Waals surface area contributed by atoms with E-state index in [4.69, 9.17) is 5.73 Å². The van der Waals surface area contributed by atoms with Gasteiger partial charge in [0.25, 0.3) is 0 Å². The minimum Gasteiger partial charge on any atom is -0.508 e. The number of carbonyl (C=O) groups excluding carboxylic acids is 5. The van der Waals surface area contributed by atoms with Gasteiger partial charge in [0.05, 0.1) is 25.2 Å². The number of hydrogen-bond acceptors (Lipinski definition) is 10. The maximum atomic E-state index is 13.4. The zero-order valence-corrected chi connectivity index (χ0v) is 26.9. The van der Waals surface area contributed by atoms with Crippen LogP contribution < -0.4 is 32.3 Å². The van der Waals surface area contributed by atoms with Crippen molar-refractivity contribution in [3.63, 3.8) is 0 Å². The number of rotatable bonds is 19. The molecular weight excluding hydrogens is 632 g/mol. The third-order valence-corrected chi connectivity index (χ3v) is 7.47. The normalized spacial score (nSPS) is 14.0. The van der Waals surface area contributed by atoms with Gasteiger partial charge in [-0.05, 0) is 55.0 Å². The highest BCUT2D eigenvalue weighted by molar-refractivity contribution is 7.98. The van der Waals surface area contributed by atoms with E-state index in [1.807, 2.05) is 0 Å². The molecule has 0 unspecified atom stereocenters. The molecule has 0 radical (unpaired) electrons. The predicted molar refractivity (Wildman–Crippen MR) is 174 cm³/mol. The molecule has 0 saturated carbocycles. The minimum atomic E-state index is -1.60. The van der Waals surface area contributed by atoms with E-state index in [9.17, 15) is 44.1 Å². The summed E-state index contributed by atoms with van der Waals surface area (Å²) in [5.74, 6) is -4.50. The minimum absolute atomic E-state index is 0.0314. The van der Waals surface area contributed by atoms with Crippen molar-refractivity contribution in [2.75, 3.05) is 25.1 Å². The van der Waals surface area contributed by atoms with Crippen LogP contribution in [0.15, 0.2) is 54.6 Å². The van der Waals surface area contributed by atoms with Crippen LogP contribution in [0.2, 0.25) is 0 Å². The third kappa shape index (κ3) is 14.1. The summed E-state index contributed by atoms with van der Waals surface area (Å²) in [5.41, 5.74) is 7.30. The number of aliphatic hydroxyl groups is 1. The van der Waals surface area contributed by atoms with E-state index in [0.29, 0.717) is 16.9 Å². The molecule has 10 N–H and O–H groups in total. The first-order chi connectivity index (χ1) is 22.3. The van der Waals surface area contributed by atoms with Crippen LogP contribution in [0.3, 0.4) is 0 Å². The summed E-state index contributed by atoms with van der Waals surface area (Å²) in [4.78, 5) is 75.3. The van der Waals surface area contributed by atoms with Crippen molar-refractivity contribution < 1.29 is 44.1 Å². The Bertz CT molecular complexity index is 1360. The van der Waals surface area contributed by atoms with Gasteiger partial charge >= 0.3 is 5.97 Å². The molecule has 16 heteroatoms. The molecule has 0 bridgehead atoms. The number of hydrogen-bond donors (Lipinski definition) is 9. The average Bonchev–Trinajstić information content (AvgIpc) is 3.03. The number of aliphatic hydroxyl groups excluding tert-OH is 1. The molecule has 0 spiro atoms. The molecule has 0 aliphatic carbocycles. The van der Waals surface area contributed by atoms with Gasteiger partial charge in [-0.15, -0.1) is 0 Å². The fourth-order valence-corrected chi connectivity index (χ4v) is 4.71. The number of carboxylic acids is 1. The van der Waals surface area contributed by atoms with Crippen LogP contribution in [0.4, 0.5) is 0 Å². The van der Waals surface area contributed by atoms with Crippen molar-refractivity contribution in [1.29, 1.82) is 0 Å². The Morgan fingerprint density at radius 1 is 0.766 bits per heavy atom. The number of carbonyl (C=O) groups is 6. The van der Waals surface area contributed by atoms with E-state index < -0.39 is 78.9 Å². The number of aromatic hydroxyl groups is 1. The third-order valence-electron chi connectivity index (χ3n) is 6.82. The van der Waals surface area contributed by atoms with Gasteiger partial charge in [0, 0.05) is 6.42 Å². The number of benzene rings is 2. The van der Waals surface area contributed by atoms with E-state index in [0.717, 1.165) is 0 Å². The van der Waals surface area contributed by atoms with Gasteiger partial charge < -0.3 is 47.6 Å². The Hall–Kier alpha value is -4.67. The molecule has 0 aromatic heterocycles. The summed E-state index contributed by atoms with van der Waals surface area (Å²) in [6, 6.07) is 9.98. The number of aliphatic carboxylic acids is 1. The molecule has 47 heavy (non-hydrogen) atoms. The highest BCUT2D eigenvalue weighted by Gasteiger charge is 2.31. The molecule has 5 atom stereocenters. The summed E-state index contributed by atoms with van der Waals surface area (Å²) in [7, 11) is 0. The lowest BCUT2D eigenvalue weighted by atomic mass is 10.0. The summed E-state index contributed by atoms with van der Waals surface area (Å²) in [6.07, 6.45) is 0.726. The zero-order chi connectivity index (χ0) is 34.9. The molecule has 256 valence electrons. The Kier molecular flexibility index (Phi) is 16.2. The Balaban J connectivity index is 2.00. The van der Waals surface area contributed by atoms with E-state index in [2.05, 4.69) is 26.6 Å². The van der Waals surface area contributed by atoms with Crippen molar-refractivity contribution in [3.05, 3.63) is 65.7 Å². The van der Waals surface area contributed by atoms with E-state index in [-0.39, 0.29) is 25.0 Å². The molecule has 0 aliphatic heterocycles. The number of nitrogens with one attached hydrogen (secondary N) is 5. The first-order valence-corrected chi connectivity index (χ1v) is 16.1. The molecule has 15 nitrogen and oxygen atoms in total. The van der Waals surface area contributed by atoms with Crippen LogP contribution in [0.1, 0.15) is 24.5 Å². The molecule has 0 fully saturated rings. The number of nitrogens with two attached hydrogens (primary N) is 1. The van der Waals surface area contributed by atoms with Gasteiger partial charge in [-0.3, -0.25) is 24.0 Å². The topological polar surface area (TPSA) is 249 Å². The Morgan fingerprint density at radius 3 is 1.96 bits per heavy atom. The quantitative estimate of drug-likeness (QED) is 0.0822. The number of amides is 5. The highest BCUT2D eigenvalue weighted by Crippen LogP contribution is 2.11. The fraction of sp³-hybridized carbons (Fsp3) is 0.419. The monoisotopic (exact) mass is 674 g/mol. The standard InChI is InChI=1S/C31H42N6O9S/c1-18(38)27(31(45)46)37-29(43)23(12-13-47-2)36-30(44)24(15-19-6-4-3-5-7-19)35-26(41)17-33-25(40)16-34-28(42)22(32)14-20-8-10-21(39)11-9-20/h3-11,18,22-24,27,38-39H,12-17,32H2,1-2H3,(H,33,40)(H,34,42)(H,35,41)(H,36,44)(H,37,43)(H,45,46)/t18-,22+,23+,24+,27+/m1/s1. The molecule has 2 aromatic carbocycles. The van der Waals surface area contributed by atoms with Gasteiger partial charge in [0.1, 0.15) is 17.8 Å². The number of thioether (sulfide) groups is 1. The van der Waals surface area contributed by atoms with E-state index in [1.54, 1.807) is 48.7 Å². The highest BCUT2D eigenvalue weighted by atomic mass is 32.2. The van der Waals surface area contributed by atoms with Crippen molar-refractivity contribution in [2.45, 2.75) is 56.5 Å². The molecule has 0 heterocycles. The maximum Gasteiger partial charge on any atom is 0.328 e. The van der Waals surface area contributed by atoms with Crippen LogP contribution in [-0.4, -0.2) is 106 Å². The molecule has 0 aliphatic rings. The van der Waals surface area contributed by atoms with Gasteiger partial charge in [-0.25, -0.2) is 4.79 Å². The van der Waals surface area contributed by atoms with E-state index >= 15 is 0 Å². The van der Waals surface area contributed by atoms with Crippen LogP contribution in [0.25, 0.3) is 0 Å². The number of phenols is 1. The second-order valence-electron chi connectivity index (χ2n) is 10.7. The summed E-state index contributed by atoms with van der Waals surface area (Å²) >= 11 is 1.40. The smallest absolute Gasteiger partial charge is 0.328 e. The van der Waals surface area contributed by atoms with Gasteiger partial charge in [-0.1, -0.05) is 42.5 Å². The molecule has 2 rings (SSSR count). The van der Waals surface area contributed by atoms with Crippen molar-refractivity contribution in [2.24, 2.45) is 5.73 Å². The molecule has 5 amide bonds.